The Morgan fingerprint density at radius 3 is 2.45 bits per heavy atom. The maximum Gasteiger partial charge on any atom is 0.407 e. The zero-order valence-corrected chi connectivity index (χ0v) is 18.5. The van der Waals surface area contributed by atoms with Gasteiger partial charge in [0.25, 0.3) is 5.91 Å². The van der Waals surface area contributed by atoms with Crippen LogP contribution >= 0.6 is 11.6 Å². The Bertz CT molecular complexity index is 1180. The summed E-state index contributed by atoms with van der Waals surface area (Å²) < 4.78 is 0. The van der Waals surface area contributed by atoms with Crippen LogP contribution in [0.5, 0.6) is 0 Å². The average molecular weight is 438 g/mol. The number of halogens is 1. The third-order valence-electron chi connectivity index (χ3n) is 5.88. The van der Waals surface area contributed by atoms with E-state index < -0.39 is 6.09 Å². The van der Waals surface area contributed by atoms with Crippen molar-refractivity contribution in [1.29, 1.82) is 0 Å². The second kappa shape index (κ2) is 8.19. The third kappa shape index (κ3) is 3.95. The Hall–Kier alpha value is -3.12. The molecule has 1 atom stereocenters. The van der Waals surface area contributed by atoms with Crippen molar-refractivity contribution in [3.63, 3.8) is 0 Å². The summed E-state index contributed by atoms with van der Waals surface area (Å²) in [6.07, 6.45) is -0.956. The molecule has 7 heteroatoms. The highest BCUT2D eigenvalue weighted by atomic mass is 35.5. The average Bonchev–Trinajstić information content (AvgIpc) is 2.76. The van der Waals surface area contributed by atoms with Crippen molar-refractivity contribution in [3.05, 3.63) is 64.2 Å². The van der Waals surface area contributed by atoms with Crippen molar-refractivity contribution in [1.82, 2.24) is 14.8 Å². The molecule has 0 bridgehead atoms. The molecule has 1 aliphatic rings. The summed E-state index contributed by atoms with van der Waals surface area (Å²) in [6, 6.07) is 13.3. The second-order valence-electron chi connectivity index (χ2n) is 8.07. The second-order valence-corrected chi connectivity index (χ2v) is 8.45. The standard InChI is InChI=1S/C24H24ClN3O3/c1-14-4-6-17(7-5-14)22-16(3)21(25)19-9-8-18(12-20(19)26-22)23(29)28-11-10-27(24(30)31)13-15(28)2/h4-9,12,15H,10-11,13H2,1-3H3,(H,30,31)/t15-/m1/s1. The predicted octanol–water partition coefficient (Wildman–Crippen LogP) is 5.00. The summed E-state index contributed by atoms with van der Waals surface area (Å²) in [5.74, 6) is -0.130. The molecule has 160 valence electrons. The molecule has 0 spiro atoms. The van der Waals surface area contributed by atoms with E-state index in [1.165, 1.54) is 10.5 Å². The van der Waals surface area contributed by atoms with Crippen LogP contribution in [0, 0.1) is 13.8 Å². The minimum Gasteiger partial charge on any atom is -0.465 e. The molecule has 1 fully saturated rings. The highest BCUT2D eigenvalue weighted by Gasteiger charge is 2.30. The van der Waals surface area contributed by atoms with E-state index in [0.29, 0.717) is 35.7 Å². The van der Waals surface area contributed by atoms with E-state index in [2.05, 4.69) is 0 Å². The van der Waals surface area contributed by atoms with Crippen molar-refractivity contribution in [2.24, 2.45) is 0 Å². The first kappa shape index (κ1) is 21.1. The minimum atomic E-state index is -0.956. The van der Waals surface area contributed by atoms with Gasteiger partial charge < -0.3 is 14.9 Å². The molecule has 1 aromatic heterocycles. The van der Waals surface area contributed by atoms with E-state index in [-0.39, 0.29) is 11.9 Å². The first-order valence-corrected chi connectivity index (χ1v) is 10.6. The summed E-state index contributed by atoms with van der Waals surface area (Å²) in [4.78, 5) is 32.3. The number of carbonyl (C=O) groups is 2. The molecule has 4 rings (SSSR count). The number of rotatable bonds is 2. The molecule has 0 aliphatic carbocycles. The molecule has 2 amide bonds. The van der Waals surface area contributed by atoms with E-state index in [9.17, 15) is 14.7 Å². The molecule has 0 radical (unpaired) electrons. The molecule has 2 heterocycles. The van der Waals surface area contributed by atoms with Crippen molar-refractivity contribution < 1.29 is 14.7 Å². The Kier molecular flexibility index (Phi) is 5.58. The van der Waals surface area contributed by atoms with Crippen molar-refractivity contribution in [2.75, 3.05) is 19.6 Å². The number of piperazine rings is 1. The molecule has 6 nitrogen and oxygen atoms in total. The number of nitrogens with zero attached hydrogens (tertiary/aromatic N) is 3. The third-order valence-corrected chi connectivity index (χ3v) is 6.37. The summed E-state index contributed by atoms with van der Waals surface area (Å²) >= 11 is 6.67. The monoisotopic (exact) mass is 437 g/mol. The first-order valence-electron chi connectivity index (χ1n) is 10.2. The van der Waals surface area contributed by atoms with Crippen LogP contribution in [-0.4, -0.2) is 57.6 Å². The van der Waals surface area contributed by atoms with Gasteiger partial charge in [0.1, 0.15) is 0 Å². The number of benzene rings is 2. The number of hydrogen-bond donors (Lipinski definition) is 1. The van der Waals surface area contributed by atoms with Gasteiger partial charge in [-0.1, -0.05) is 47.5 Å². The molecular weight excluding hydrogens is 414 g/mol. The topological polar surface area (TPSA) is 73.7 Å². The number of amides is 2. The van der Waals surface area contributed by atoms with Crippen LogP contribution in [0.4, 0.5) is 4.79 Å². The van der Waals surface area contributed by atoms with Crippen LogP contribution in [0.25, 0.3) is 22.2 Å². The van der Waals surface area contributed by atoms with Crippen molar-refractivity contribution in [2.45, 2.75) is 26.8 Å². The van der Waals surface area contributed by atoms with E-state index >= 15 is 0 Å². The molecule has 1 aliphatic heterocycles. The Morgan fingerprint density at radius 1 is 1.10 bits per heavy atom. The molecule has 1 N–H and O–H groups in total. The fourth-order valence-electron chi connectivity index (χ4n) is 4.04. The summed E-state index contributed by atoms with van der Waals surface area (Å²) in [6.45, 7) is 6.82. The van der Waals surface area contributed by atoms with Gasteiger partial charge in [0.05, 0.1) is 16.2 Å². The number of aryl methyl sites for hydroxylation is 1. The van der Waals surface area contributed by atoms with Gasteiger partial charge in [-0.25, -0.2) is 9.78 Å². The van der Waals surface area contributed by atoms with Gasteiger partial charge in [0.15, 0.2) is 0 Å². The summed E-state index contributed by atoms with van der Waals surface area (Å²) in [5, 5.41) is 10.6. The molecule has 1 saturated heterocycles. The van der Waals surface area contributed by atoms with Crippen molar-refractivity contribution in [3.8, 4) is 11.3 Å². The van der Waals surface area contributed by atoms with Gasteiger partial charge >= 0.3 is 6.09 Å². The highest BCUT2D eigenvalue weighted by molar-refractivity contribution is 6.36. The van der Waals surface area contributed by atoms with Crippen molar-refractivity contribution >= 4 is 34.5 Å². The molecule has 31 heavy (non-hydrogen) atoms. The number of aromatic nitrogens is 1. The number of pyridine rings is 1. The van der Waals surface area contributed by atoms with Crippen LogP contribution in [0.2, 0.25) is 5.02 Å². The molecule has 3 aromatic rings. The van der Waals surface area contributed by atoms with E-state index in [4.69, 9.17) is 16.6 Å². The van der Waals surface area contributed by atoms with Crippen LogP contribution in [0.15, 0.2) is 42.5 Å². The number of fused-ring (bicyclic) bond motifs is 1. The molecular formula is C24H24ClN3O3. The number of hydrogen-bond acceptors (Lipinski definition) is 3. The fraction of sp³-hybridized carbons (Fsp3) is 0.292. The van der Waals surface area contributed by atoms with E-state index in [1.807, 2.05) is 51.1 Å². The smallest absolute Gasteiger partial charge is 0.407 e. The molecule has 0 unspecified atom stereocenters. The first-order chi connectivity index (χ1) is 14.8. The van der Waals surface area contributed by atoms with Crippen LogP contribution in [-0.2, 0) is 0 Å². The lowest BCUT2D eigenvalue weighted by Gasteiger charge is -2.38. The van der Waals surface area contributed by atoms with Crippen LogP contribution in [0.3, 0.4) is 0 Å². The number of carboxylic acid groups (broad SMARTS) is 1. The van der Waals surface area contributed by atoms with Gasteiger partial charge in [0, 0.05) is 42.2 Å². The molecule has 0 saturated carbocycles. The van der Waals surface area contributed by atoms with Gasteiger partial charge in [-0.05, 0) is 38.5 Å². The van der Waals surface area contributed by atoms with Gasteiger partial charge in [-0.3, -0.25) is 4.79 Å². The quantitative estimate of drug-likeness (QED) is 0.612. The lowest BCUT2D eigenvalue weighted by atomic mass is 10.0. The maximum absolute atomic E-state index is 13.2. The van der Waals surface area contributed by atoms with E-state index in [1.54, 1.807) is 17.0 Å². The lowest BCUT2D eigenvalue weighted by Crippen LogP contribution is -2.55. The Morgan fingerprint density at radius 2 is 1.81 bits per heavy atom. The summed E-state index contributed by atoms with van der Waals surface area (Å²) in [5.41, 5.74) is 5.01. The van der Waals surface area contributed by atoms with E-state index in [0.717, 1.165) is 22.2 Å². The lowest BCUT2D eigenvalue weighted by molar-refractivity contribution is 0.0484. The largest absolute Gasteiger partial charge is 0.465 e. The van der Waals surface area contributed by atoms with Gasteiger partial charge in [0.2, 0.25) is 0 Å². The highest BCUT2D eigenvalue weighted by Crippen LogP contribution is 2.33. The Balaban J connectivity index is 1.70. The summed E-state index contributed by atoms with van der Waals surface area (Å²) in [7, 11) is 0. The van der Waals surface area contributed by atoms with Gasteiger partial charge in [-0.2, -0.15) is 0 Å². The minimum absolute atomic E-state index is 0.130. The predicted molar refractivity (Wildman–Crippen MR) is 122 cm³/mol. The molecule has 2 aromatic carbocycles. The zero-order chi connectivity index (χ0) is 22.3. The number of carbonyl (C=O) groups excluding carboxylic acids is 1. The fourth-order valence-corrected chi connectivity index (χ4v) is 4.29. The normalized spacial score (nSPS) is 16.6. The maximum atomic E-state index is 13.2. The van der Waals surface area contributed by atoms with Crippen LogP contribution in [0.1, 0.15) is 28.4 Å². The van der Waals surface area contributed by atoms with Crippen LogP contribution < -0.4 is 0 Å². The zero-order valence-electron chi connectivity index (χ0n) is 17.7. The SMILES string of the molecule is Cc1ccc(-c2nc3cc(C(=O)N4CCN(C(=O)O)C[C@H]4C)ccc3c(Cl)c2C)cc1. The van der Waals surface area contributed by atoms with Gasteiger partial charge in [-0.15, -0.1) is 0 Å². The Labute approximate surface area is 186 Å².